The Bertz CT molecular complexity index is 1320. The van der Waals surface area contributed by atoms with Gasteiger partial charge in [0.25, 0.3) is 0 Å². The molecule has 34 heavy (non-hydrogen) atoms. The van der Waals surface area contributed by atoms with Crippen molar-refractivity contribution < 1.29 is 9.21 Å². The van der Waals surface area contributed by atoms with Crippen LogP contribution in [0.1, 0.15) is 37.1 Å². The Morgan fingerprint density at radius 1 is 1.09 bits per heavy atom. The minimum absolute atomic E-state index is 0.0000156. The van der Waals surface area contributed by atoms with Gasteiger partial charge in [0.2, 0.25) is 5.91 Å². The number of rotatable bonds is 7. The zero-order valence-electron chi connectivity index (χ0n) is 19.3. The number of hydrogen-bond donors (Lipinski definition) is 1. The van der Waals surface area contributed by atoms with Gasteiger partial charge in [-0.2, -0.15) is 0 Å². The summed E-state index contributed by atoms with van der Waals surface area (Å²) in [5, 5.41) is 2.99. The Kier molecular flexibility index (Phi) is 6.29. The van der Waals surface area contributed by atoms with E-state index in [0.29, 0.717) is 12.5 Å². The van der Waals surface area contributed by atoms with E-state index >= 15 is 0 Å². The lowest BCUT2D eigenvalue weighted by Gasteiger charge is -2.27. The molecule has 176 valence electrons. The molecule has 4 aromatic heterocycles. The van der Waals surface area contributed by atoms with Crippen molar-refractivity contribution in [2.45, 2.75) is 45.1 Å². The van der Waals surface area contributed by atoms with Crippen molar-refractivity contribution in [3.05, 3.63) is 77.0 Å². The number of furan rings is 1. The van der Waals surface area contributed by atoms with E-state index < -0.39 is 0 Å². The Morgan fingerprint density at radius 3 is 2.62 bits per heavy atom. The lowest BCUT2D eigenvalue weighted by Crippen LogP contribution is -2.31. The van der Waals surface area contributed by atoms with Crippen LogP contribution in [0.5, 0.6) is 0 Å². The van der Waals surface area contributed by atoms with Crippen molar-refractivity contribution >= 4 is 22.8 Å². The summed E-state index contributed by atoms with van der Waals surface area (Å²) >= 11 is 0. The maximum Gasteiger partial charge on any atom is 0.330 e. The number of aryl methyl sites for hydroxylation is 3. The second kappa shape index (κ2) is 9.67. The standard InChI is InChI=1S/C26H29N5O3/c1-30-23-11-9-20(8-10-22-3-2-16-34-22)28-24(23)31(26(30)33)17-18-4-6-19(7-5-18)25(32)29-21-12-14-27-15-13-21/h2-3,9,11-16,18-19H,4-8,10,17H2,1H3,(H,27,29,32). The summed E-state index contributed by atoms with van der Waals surface area (Å²) in [4.78, 5) is 34.5. The van der Waals surface area contributed by atoms with Crippen molar-refractivity contribution in [2.75, 3.05) is 5.32 Å². The van der Waals surface area contributed by atoms with E-state index in [1.807, 2.05) is 28.8 Å². The lowest BCUT2D eigenvalue weighted by atomic mass is 9.81. The van der Waals surface area contributed by atoms with Crippen molar-refractivity contribution in [2.24, 2.45) is 18.9 Å². The summed E-state index contributed by atoms with van der Waals surface area (Å²) in [5.41, 5.74) is 3.26. The third-order valence-electron chi connectivity index (χ3n) is 6.86. The van der Waals surface area contributed by atoms with Gasteiger partial charge >= 0.3 is 5.69 Å². The molecule has 4 aromatic rings. The monoisotopic (exact) mass is 459 g/mol. The minimum atomic E-state index is -0.0387. The molecule has 0 bridgehead atoms. The number of nitrogens with one attached hydrogen (secondary N) is 1. The normalized spacial score (nSPS) is 18.3. The largest absolute Gasteiger partial charge is 0.469 e. The summed E-state index contributed by atoms with van der Waals surface area (Å²) in [6.07, 6.45) is 10.0. The highest BCUT2D eigenvalue weighted by Crippen LogP contribution is 2.31. The first-order chi connectivity index (χ1) is 16.6. The fourth-order valence-electron chi connectivity index (χ4n) is 4.87. The molecule has 1 amide bonds. The van der Waals surface area contributed by atoms with Gasteiger partial charge in [0.1, 0.15) is 5.76 Å². The first-order valence-electron chi connectivity index (χ1n) is 11.9. The molecule has 0 aliphatic heterocycles. The molecule has 0 spiro atoms. The number of aromatic nitrogens is 4. The van der Waals surface area contributed by atoms with E-state index in [4.69, 9.17) is 9.40 Å². The van der Waals surface area contributed by atoms with E-state index in [2.05, 4.69) is 10.3 Å². The third kappa shape index (κ3) is 4.66. The first kappa shape index (κ1) is 22.1. The van der Waals surface area contributed by atoms with Crippen molar-refractivity contribution in [3.8, 4) is 0 Å². The minimum Gasteiger partial charge on any atom is -0.469 e. The fourth-order valence-corrected chi connectivity index (χ4v) is 4.87. The number of carbonyl (C=O) groups is 1. The Hall–Kier alpha value is -3.68. The van der Waals surface area contributed by atoms with Crippen molar-refractivity contribution in [1.29, 1.82) is 0 Å². The SMILES string of the molecule is Cn1c(=O)n(CC2CCC(C(=O)Nc3ccncc3)CC2)c2nc(CCc3ccco3)ccc21. The molecule has 0 atom stereocenters. The van der Waals surface area contributed by atoms with Crippen molar-refractivity contribution in [3.63, 3.8) is 0 Å². The highest BCUT2D eigenvalue weighted by atomic mass is 16.3. The van der Waals surface area contributed by atoms with Gasteiger partial charge < -0.3 is 9.73 Å². The second-order valence-electron chi connectivity index (χ2n) is 9.12. The fraction of sp³-hybridized carbons (Fsp3) is 0.385. The lowest BCUT2D eigenvalue weighted by molar-refractivity contribution is -0.121. The van der Waals surface area contributed by atoms with Crippen LogP contribution >= 0.6 is 0 Å². The number of nitrogens with zero attached hydrogens (tertiary/aromatic N) is 4. The molecule has 0 aromatic carbocycles. The van der Waals surface area contributed by atoms with Gasteiger partial charge in [-0.3, -0.25) is 18.9 Å². The molecule has 8 nitrogen and oxygen atoms in total. The second-order valence-corrected chi connectivity index (χ2v) is 9.12. The Morgan fingerprint density at radius 2 is 1.88 bits per heavy atom. The van der Waals surface area contributed by atoms with E-state index in [1.54, 1.807) is 42.4 Å². The number of anilines is 1. The molecule has 1 fully saturated rings. The number of hydrogen-bond acceptors (Lipinski definition) is 5. The molecule has 4 heterocycles. The predicted octanol–water partition coefficient (Wildman–Crippen LogP) is 3.95. The van der Waals surface area contributed by atoms with Gasteiger partial charge in [0, 0.05) is 49.7 Å². The molecule has 0 unspecified atom stereocenters. The third-order valence-corrected chi connectivity index (χ3v) is 6.86. The molecule has 1 N–H and O–H groups in total. The van der Waals surface area contributed by atoms with Gasteiger partial charge in [-0.05, 0) is 74.4 Å². The molecule has 5 rings (SSSR count). The van der Waals surface area contributed by atoms with Crippen LogP contribution in [0.15, 0.2) is 64.3 Å². The van der Waals surface area contributed by atoms with Crippen LogP contribution in [-0.2, 0) is 31.2 Å². The summed E-state index contributed by atoms with van der Waals surface area (Å²) in [5.74, 6) is 1.34. The van der Waals surface area contributed by atoms with Crippen molar-refractivity contribution in [1.82, 2.24) is 19.1 Å². The molecular weight excluding hydrogens is 430 g/mol. The smallest absolute Gasteiger partial charge is 0.330 e. The van der Waals surface area contributed by atoms with Crippen LogP contribution in [0.2, 0.25) is 0 Å². The first-order valence-corrected chi connectivity index (χ1v) is 11.9. The molecule has 1 saturated carbocycles. The predicted molar refractivity (Wildman–Crippen MR) is 129 cm³/mol. The van der Waals surface area contributed by atoms with Crippen LogP contribution in [0, 0.1) is 11.8 Å². The molecular formula is C26H29N5O3. The number of imidazole rings is 1. The maximum absolute atomic E-state index is 13.0. The van der Waals surface area contributed by atoms with E-state index in [-0.39, 0.29) is 17.5 Å². The van der Waals surface area contributed by atoms with Crippen LogP contribution in [0.4, 0.5) is 5.69 Å². The van der Waals surface area contributed by atoms with Crippen LogP contribution < -0.4 is 11.0 Å². The number of amides is 1. The number of carbonyl (C=O) groups excluding carboxylic acids is 1. The Balaban J connectivity index is 1.25. The summed E-state index contributed by atoms with van der Waals surface area (Å²) < 4.78 is 8.92. The zero-order chi connectivity index (χ0) is 23.5. The highest BCUT2D eigenvalue weighted by molar-refractivity contribution is 5.92. The summed E-state index contributed by atoms with van der Waals surface area (Å²) in [6.45, 7) is 0.628. The van der Waals surface area contributed by atoms with Crippen LogP contribution in [0.3, 0.4) is 0 Å². The molecule has 0 saturated heterocycles. The average molecular weight is 460 g/mol. The van der Waals surface area contributed by atoms with E-state index in [9.17, 15) is 9.59 Å². The van der Waals surface area contributed by atoms with Gasteiger partial charge in [0.05, 0.1) is 11.8 Å². The van der Waals surface area contributed by atoms with E-state index in [1.165, 1.54) is 0 Å². The maximum atomic E-state index is 13.0. The van der Waals surface area contributed by atoms with Gasteiger partial charge in [-0.25, -0.2) is 9.78 Å². The van der Waals surface area contributed by atoms with Crippen LogP contribution in [-0.4, -0.2) is 25.0 Å². The molecule has 8 heteroatoms. The summed E-state index contributed by atoms with van der Waals surface area (Å²) in [7, 11) is 1.80. The molecule has 1 aliphatic carbocycles. The highest BCUT2D eigenvalue weighted by Gasteiger charge is 2.27. The quantitative estimate of drug-likeness (QED) is 0.452. The number of fused-ring (bicyclic) bond motifs is 1. The number of pyridine rings is 2. The topological polar surface area (TPSA) is 95.0 Å². The zero-order valence-corrected chi connectivity index (χ0v) is 19.3. The molecule has 1 aliphatic rings. The summed E-state index contributed by atoms with van der Waals surface area (Å²) in [6, 6.07) is 11.4. The average Bonchev–Trinajstić information content (AvgIpc) is 3.47. The van der Waals surface area contributed by atoms with Gasteiger partial charge in [0.15, 0.2) is 5.65 Å². The Labute approximate surface area is 197 Å². The van der Waals surface area contributed by atoms with Gasteiger partial charge in [-0.1, -0.05) is 0 Å². The van der Waals surface area contributed by atoms with Gasteiger partial charge in [-0.15, -0.1) is 0 Å². The van der Waals surface area contributed by atoms with Crippen LogP contribution in [0.25, 0.3) is 11.2 Å². The van der Waals surface area contributed by atoms with E-state index in [0.717, 1.165) is 66.8 Å². The molecule has 0 radical (unpaired) electrons.